The Morgan fingerprint density at radius 3 is 2.75 bits per heavy atom. The molecule has 0 heterocycles. The highest BCUT2D eigenvalue weighted by molar-refractivity contribution is 6.30. The van der Waals surface area contributed by atoms with Gasteiger partial charge in [-0.05, 0) is 30.2 Å². The van der Waals surface area contributed by atoms with Crippen molar-refractivity contribution in [3.8, 4) is 0 Å². The monoisotopic (exact) mass is 243 g/mol. The average molecular weight is 244 g/mol. The van der Waals surface area contributed by atoms with E-state index in [1.165, 1.54) is 7.11 Å². The predicted molar refractivity (Wildman–Crippen MR) is 61.0 cm³/mol. The number of benzene rings is 1. The molecule has 2 N–H and O–H groups in total. The van der Waals surface area contributed by atoms with Crippen molar-refractivity contribution in [2.24, 2.45) is 5.90 Å². The third-order valence-corrected chi connectivity index (χ3v) is 2.57. The van der Waals surface area contributed by atoms with E-state index in [2.05, 4.69) is 9.57 Å². The van der Waals surface area contributed by atoms with Gasteiger partial charge in [-0.2, -0.15) is 0 Å². The van der Waals surface area contributed by atoms with Crippen molar-refractivity contribution < 1.29 is 14.4 Å². The fraction of sp³-hybridized carbons (Fsp3) is 0.364. The number of aryl methyl sites for hydroxylation is 1. The normalized spacial score (nSPS) is 12.2. The summed E-state index contributed by atoms with van der Waals surface area (Å²) in [5.41, 5.74) is 1.93. The zero-order valence-electron chi connectivity index (χ0n) is 9.20. The van der Waals surface area contributed by atoms with E-state index < -0.39 is 12.1 Å². The molecule has 0 aromatic heterocycles. The molecule has 1 aromatic carbocycles. The minimum atomic E-state index is -0.787. The zero-order chi connectivity index (χ0) is 12.1. The smallest absolute Gasteiger partial charge is 0.337 e. The van der Waals surface area contributed by atoms with Crippen LogP contribution in [0.2, 0.25) is 5.02 Å². The molecule has 0 aliphatic rings. The van der Waals surface area contributed by atoms with Gasteiger partial charge in [-0.3, -0.25) is 4.84 Å². The second-order valence-electron chi connectivity index (χ2n) is 3.42. The molecule has 0 saturated carbocycles. The highest BCUT2D eigenvalue weighted by Crippen LogP contribution is 2.17. The molecule has 1 rings (SSSR count). The molecular formula is C11H14ClNO3. The predicted octanol–water partition coefficient (Wildman–Crippen LogP) is 1.62. The highest BCUT2D eigenvalue weighted by Gasteiger charge is 2.20. The van der Waals surface area contributed by atoms with Crippen LogP contribution in [-0.4, -0.2) is 19.2 Å². The number of hydrogen-bond acceptors (Lipinski definition) is 4. The molecule has 0 saturated heterocycles. The molecule has 0 bridgehead atoms. The summed E-state index contributed by atoms with van der Waals surface area (Å²) in [6.07, 6.45) is -0.420. The molecule has 0 aliphatic carbocycles. The topological polar surface area (TPSA) is 61.5 Å². The van der Waals surface area contributed by atoms with E-state index >= 15 is 0 Å². The minimum absolute atomic E-state index is 0.367. The van der Waals surface area contributed by atoms with Gasteiger partial charge in [0.25, 0.3) is 0 Å². The van der Waals surface area contributed by atoms with Crippen molar-refractivity contribution in [3.05, 3.63) is 34.3 Å². The fourth-order valence-corrected chi connectivity index (χ4v) is 1.63. The Labute approximate surface area is 99.2 Å². The van der Waals surface area contributed by atoms with E-state index in [9.17, 15) is 4.79 Å². The number of hydrogen-bond donors (Lipinski definition) is 1. The molecule has 0 fully saturated rings. The van der Waals surface area contributed by atoms with E-state index in [1.54, 1.807) is 6.07 Å². The molecule has 88 valence electrons. The molecule has 1 unspecified atom stereocenters. The van der Waals surface area contributed by atoms with Crippen molar-refractivity contribution in [1.29, 1.82) is 0 Å². The van der Waals surface area contributed by atoms with Gasteiger partial charge in [0.1, 0.15) is 0 Å². The summed E-state index contributed by atoms with van der Waals surface area (Å²) in [4.78, 5) is 15.9. The van der Waals surface area contributed by atoms with Crippen molar-refractivity contribution in [2.75, 3.05) is 7.11 Å². The van der Waals surface area contributed by atoms with Gasteiger partial charge < -0.3 is 4.74 Å². The standard InChI is InChI=1S/C11H14ClNO3/c1-7-5-9(12)4-3-8(7)6-10(16-13)11(14)15-2/h3-5,10H,6,13H2,1-2H3. The van der Waals surface area contributed by atoms with Gasteiger partial charge in [0.15, 0.2) is 6.10 Å². The van der Waals surface area contributed by atoms with Crippen molar-refractivity contribution in [2.45, 2.75) is 19.4 Å². The van der Waals surface area contributed by atoms with Crippen LogP contribution in [0.3, 0.4) is 0 Å². The van der Waals surface area contributed by atoms with E-state index in [4.69, 9.17) is 17.5 Å². The van der Waals surface area contributed by atoms with Gasteiger partial charge in [-0.15, -0.1) is 0 Å². The SMILES string of the molecule is COC(=O)C(Cc1ccc(Cl)cc1C)ON. The van der Waals surface area contributed by atoms with E-state index in [0.717, 1.165) is 11.1 Å². The summed E-state index contributed by atoms with van der Waals surface area (Å²) in [7, 11) is 1.29. The Morgan fingerprint density at radius 2 is 2.25 bits per heavy atom. The first-order valence-electron chi connectivity index (χ1n) is 4.77. The maximum absolute atomic E-state index is 11.3. The first-order valence-corrected chi connectivity index (χ1v) is 5.14. The van der Waals surface area contributed by atoms with E-state index in [0.29, 0.717) is 11.4 Å². The largest absolute Gasteiger partial charge is 0.467 e. The Balaban J connectivity index is 2.82. The van der Waals surface area contributed by atoms with E-state index in [1.807, 2.05) is 19.1 Å². The van der Waals surface area contributed by atoms with Gasteiger partial charge in [-0.1, -0.05) is 17.7 Å². The second-order valence-corrected chi connectivity index (χ2v) is 3.86. The lowest BCUT2D eigenvalue weighted by Crippen LogP contribution is -2.30. The molecule has 16 heavy (non-hydrogen) atoms. The quantitative estimate of drug-likeness (QED) is 0.645. The number of halogens is 1. The minimum Gasteiger partial charge on any atom is -0.467 e. The van der Waals surface area contributed by atoms with Gasteiger partial charge in [0.05, 0.1) is 7.11 Å². The number of rotatable bonds is 4. The van der Waals surface area contributed by atoms with Crippen molar-refractivity contribution in [1.82, 2.24) is 0 Å². The molecule has 0 spiro atoms. The summed E-state index contributed by atoms with van der Waals surface area (Å²) in [6.45, 7) is 1.91. The van der Waals surface area contributed by atoms with Gasteiger partial charge in [-0.25, -0.2) is 10.7 Å². The number of methoxy groups -OCH3 is 1. The lowest BCUT2D eigenvalue weighted by atomic mass is 10.0. The fourth-order valence-electron chi connectivity index (χ4n) is 1.41. The summed E-state index contributed by atoms with van der Waals surface area (Å²) in [5, 5.41) is 0.657. The Kier molecular flexibility index (Phi) is 4.73. The number of ether oxygens (including phenoxy) is 1. The second kappa shape index (κ2) is 5.84. The molecule has 4 nitrogen and oxygen atoms in total. The Hall–Kier alpha value is -1.10. The van der Waals surface area contributed by atoms with Gasteiger partial charge in [0, 0.05) is 11.4 Å². The van der Waals surface area contributed by atoms with Crippen LogP contribution in [0.5, 0.6) is 0 Å². The zero-order valence-corrected chi connectivity index (χ0v) is 9.95. The lowest BCUT2D eigenvalue weighted by Gasteiger charge is -2.13. The number of esters is 1. The van der Waals surface area contributed by atoms with Crippen LogP contribution in [0.15, 0.2) is 18.2 Å². The lowest BCUT2D eigenvalue weighted by molar-refractivity contribution is -0.154. The van der Waals surface area contributed by atoms with Gasteiger partial charge >= 0.3 is 5.97 Å². The van der Waals surface area contributed by atoms with Gasteiger partial charge in [0.2, 0.25) is 0 Å². The molecule has 0 aliphatic heterocycles. The summed E-state index contributed by atoms with van der Waals surface area (Å²) in [6, 6.07) is 5.42. The van der Waals surface area contributed by atoms with Crippen molar-refractivity contribution >= 4 is 17.6 Å². The van der Waals surface area contributed by atoms with Crippen LogP contribution >= 0.6 is 11.6 Å². The van der Waals surface area contributed by atoms with Crippen LogP contribution in [0.4, 0.5) is 0 Å². The molecular weight excluding hydrogens is 230 g/mol. The molecule has 1 atom stereocenters. The summed E-state index contributed by atoms with van der Waals surface area (Å²) < 4.78 is 4.57. The first kappa shape index (κ1) is 13.0. The molecule has 0 radical (unpaired) electrons. The molecule has 0 amide bonds. The van der Waals surface area contributed by atoms with E-state index in [-0.39, 0.29) is 0 Å². The molecule has 1 aromatic rings. The van der Waals surface area contributed by atoms with Crippen LogP contribution < -0.4 is 5.90 Å². The Morgan fingerprint density at radius 1 is 1.56 bits per heavy atom. The van der Waals surface area contributed by atoms with Crippen LogP contribution in [0.25, 0.3) is 0 Å². The number of carbonyl (C=O) groups is 1. The number of nitrogens with two attached hydrogens (primary N) is 1. The maximum Gasteiger partial charge on any atom is 0.337 e. The summed E-state index contributed by atoms with van der Waals surface area (Å²) >= 11 is 5.83. The van der Waals surface area contributed by atoms with Crippen molar-refractivity contribution in [3.63, 3.8) is 0 Å². The van der Waals surface area contributed by atoms with Crippen LogP contribution in [-0.2, 0) is 20.8 Å². The average Bonchev–Trinajstić information content (AvgIpc) is 2.27. The molecule has 5 heteroatoms. The van der Waals surface area contributed by atoms with Crippen LogP contribution in [0.1, 0.15) is 11.1 Å². The maximum atomic E-state index is 11.3. The highest BCUT2D eigenvalue weighted by atomic mass is 35.5. The van der Waals surface area contributed by atoms with Crippen LogP contribution in [0, 0.1) is 6.92 Å². The Bertz CT molecular complexity index is 381. The third kappa shape index (κ3) is 3.20. The number of carbonyl (C=O) groups excluding carboxylic acids is 1. The summed E-state index contributed by atoms with van der Waals surface area (Å²) in [5.74, 6) is 4.56. The third-order valence-electron chi connectivity index (χ3n) is 2.34. The first-order chi connectivity index (χ1) is 7.58.